The predicted octanol–water partition coefficient (Wildman–Crippen LogP) is 4.42. The smallest absolute Gasteiger partial charge is 0.164 e. The van der Waals surface area contributed by atoms with Crippen LogP contribution in [0.5, 0.6) is 11.5 Å². The molecule has 0 aliphatic carbocycles. The highest BCUT2D eigenvalue weighted by atomic mass is 16.5. The van der Waals surface area contributed by atoms with E-state index in [2.05, 4.69) is 26.8 Å². The summed E-state index contributed by atoms with van der Waals surface area (Å²) >= 11 is 0. The molecule has 1 aromatic rings. The molecule has 2 heteroatoms. The van der Waals surface area contributed by atoms with Gasteiger partial charge in [-0.05, 0) is 37.8 Å². The van der Waals surface area contributed by atoms with E-state index in [-0.39, 0.29) is 0 Å². The van der Waals surface area contributed by atoms with Crippen molar-refractivity contribution in [2.45, 2.75) is 46.0 Å². The summed E-state index contributed by atoms with van der Waals surface area (Å²) in [5.74, 6) is 1.75. The largest absolute Gasteiger partial charge is 0.490 e. The van der Waals surface area contributed by atoms with Gasteiger partial charge >= 0.3 is 0 Å². The van der Waals surface area contributed by atoms with Crippen molar-refractivity contribution in [2.24, 2.45) is 0 Å². The van der Waals surface area contributed by atoms with Crippen LogP contribution in [0.3, 0.4) is 0 Å². The zero-order chi connectivity index (χ0) is 13.2. The van der Waals surface area contributed by atoms with Crippen molar-refractivity contribution < 1.29 is 9.47 Å². The molecule has 2 nitrogen and oxygen atoms in total. The van der Waals surface area contributed by atoms with Gasteiger partial charge in [-0.1, -0.05) is 38.8 Å². The fraction of sp³-hybridized carbons (Fsp3) is 0.562. The molecule has 0 atom stereocenters. The van der Waals surface area contributed by atoms with Crippen molar-refractivity contribution in [3.05, 3.63) is 30.7 Å². The average molecular weight is 249 g/mol. The number of ether oxygens (including phenoxy) is 2. The normalized spacial score (nSPS) is 10.4. The van der Waals surface area contributed by atoms with Crippen LogP contribution in [0.2, 0.25) is 0 Å². The summed E-state index contributed by atoms with van der Waals surface area (Å²) in [6.07, 6.45) is 5.15. The van der Waals surface area contributed by atoms with Gasteiger partial charge in [0, 0.05) is 0 Å². The van der Waals surface area contributed by atoms with E-state index in [1.165, 1.54) is 0 Å². The average Bonchev–Trinajstić information content (AvgIpc) is 2.40. The molecule has 0 unspecified atom stereocenters. The van der Waals surface area contributed by atoms with Crippen LogP contribution >= 0.6 is 0 Å². The van der Waals surface area contributed by atoms with Crippen molar-refractivity contribution in [3.63, 3.8) is 0 Å². The molecule has 18 heavy (non-hydrogen) atoms. The first-order valence-electron chi connectivity index (χ1n) is 7.00. The highest BCUT2D eigenvalue weighted by molar-refractivity contribution is 5.47. The Morgan fingerprint density at radius 1 is 1.00 bits per heavy atom. The Hall–Kier alpha value is -1.18. The summed E-state index contributed by atoms with van der Waals surface area (Å²) < 4.78 is 11.7. The molecule has 1 aromatic carbocycles. The molecule has 0 fully saturated rings. The van der Waals surface area contributed by atoms with Gasteiger partial charge in [0.1, 0.15) is 0 Å². The molecule has 0 heterocycles. The Labute approximate surface area is 111 Å². The number of unbranched alkanes of at least 4 members (excludes halogenated alkanes) is 2. The maximum atomic E-state index is 5.87. The van der Waals surface area contributed by atoms with Crippen LogP contribution in [0.25, 0.3) is 0 Å². The summed E-state index contributed by atoms with van der Waals surface area (Å²) in [5, 5.41) is 0. The highest BCUT2D eigenvalue weighted by Gasteiger charge is 2.09. The lowest BCUT2D eigenvalue weighted by Crippen LogP contribution is -2.04. The standard InChI is InChI=1S/C16H25O2/c1-4-7-12-17-15-11-9-10-14(6-3)16(15)18-13-8-5-2/h9-11H,3-8,12-13H2,1-2H3. The Kier molecular flexibility index (Phi) is 7.31. The first kappa shape index (κ1) is 14.9. The van der Waals surface area contributed by atoms with Gasteiger partial charge in [0.05, 0.1) is 13.2 Å². The van der Waals surface area contributed by atoms with Gasteiger partial charge in [-0.15, -0.1) is 0 Å². The molecule has 0 N–H and O–H groups in total. The number of para-hydroxylation sites is 1. The van der Waals surface area contributed by atoms with Crippen LogP contribution in [-0.2, 0) is 6.42 Å². The summed E-state index contributed by atoms with van der Waals surface area (Å²) in [7, 11) is 0. The van der Waals surface area contributed by atoms with E-state index < -0.39 is 0 Å². The SMILES string of the molecule is [CH2]Cc1cccc(OCCCC)c1OCCCC. The van der Waals surface area contributed by atoms with Crippen LogP contribution in [0, 0.1) is 6.92 Å². The third kappa shape index (κ3) is 4.59. The van der Waals surface area contributed by atoms with Crippen molar-refractivity contribution in [2.75, 3.05) is 13.2 Å². The molecule has 0 spiro atoms. The number of rotatable bonds is 9. The lowest BCUT2D eigenvalue weighted by Gasteiger charge is -2.15. The molecule has 0 bridgehead atoms. The third-order valence-corrected chi connectivity index (χ3v) is 2.83. The Morgan fingerprint density at radius 3 is 2.28 bits per heavy atom. The number of hydrogen-bond donors (Lipinski definition) is 0. The summed E-state index contributed by atoms with van der Waals surface area (Å²) in [6, 6.07) is 6.05. The molecule has 0 saturated carbocycles. The molecular weight excluding hydrogens is 224 g/mol. The van der Waals surface area contributed by atoms with Gasteiger partial charge in [0.15, 0.2) is 11.5 Å². The van der Waals surface area contributed by atoms with Gasteiger partial charge in [0.25, 0.3) is 0 Å². The summed E-state index contributed by atoms with van der Waals surface area (Å²) in [4.78, 5) is 0. The van der Waals surface area contributed by atoms with E-state index >= 15 is 0 Å². The van der Waals surface area contributed by atoms with Gasteiger partial charge in [-0.3, -0.25) is 0 Å². The lowest BCUT2D eigenvalue weighted by atomic mass is 10.1. The second-order valence-electron chi connectivity index (χ2n) is 4.40. The fourth-order valence-electron chi connectivity index (χ4n) is 1.68. The molecular formula is C16H25O2. The Morgan fingerprint density at radius 2 is 1.67 bits per heavy atom. The quantitative estimate of drug-likeness (QED) is 0.603. The molecule has 0 saturated heterocycles. The third-order valence-electron chi connectivity index (χ3n) is 2.83. The zero-order valence-corrected chi connectivity index (χ0v) is 11.7. The lowest BCUT2D eigenvalue weighted by molar-refractivity contribution is 0.260. The Balaban J connectivity index is 2.72. The van der Waals surface area contributed by atoms with E-state index in [0.29, 0.717) is 0 Å². The van der Waals surface area contributed by atoms with E-state index in [0.717, 1.165) is 62.4 Å². The minimum Gasteiger partial charge on any atom is -0.490 e. The number of benzene rings is 1. The molecule has 0 aliphatic rings. The van der Waals surface area contributed by atoms with Crippen LogP contribution in [0.4, 0.5) is 0 Å². The van der Waals surface area contributed by atoms with Gasteiger partial charge < -0.3 is 9.47 Å². The Bertz CT molecular complexity index is 334. The summed E-state index contributed by atoms with van der Waals surface area (Å²) in [6.45, 7) is 9.77. The van der Waals surface area contributed by atoms with Crippen molar-refractivity contribution in [1.29, 1.82) is 0 Å². The second kappa shape index (κ2) is 8.84. The van der Waals surface area contributed by atoms with Crippen LogP contribution in [0.15, 0.2) is 18.2 Å². The summed E-state index contributed by atoms with van der Waals surface area (Å²) in [5.41, 5.74) is 1.13. The molecule has 1 rings (SSSR count). The van der Waals surface area contributed by atoms with Crippen molar-refractivity contribution >= 4 is 0 Å². The van der Waals surface area contributed by atoms with Crippen molar-refractivity contribution in [1.82, 2.24) is 0 Å². The predicted molar refractivity (Wildman–Crippen MR) is 76.3 cm³/mol. The molecule has 101 valence electrons. The molecule has 1 radical (unpaired) electrons. The fourth-order valence-corrected chi connectivity index (χ4v) is 1.68. The maximum absolute atomic E-state index is 5.87. The van der Waals surface area contributed by atoms with Crippen LogP contribution < -0.4 is 9.47 Å². The highest BCUT2D eigenvalue weighted by Crippen LogP contribution is 2.32. The van der Waals surface area contributed by atoms with E-state index in [9.17, 15) is 0 Å². The molecule has 0 amide bonds. The molecule has 0 aromatic heterocycles. The van der Waals surface area contributed by atoms with Crippen LogP contribution in [-0.4, -0.2) is 13.2 Å². The van der Waals surface area contributed by atoms with Gasteiger partial charge in [-0.25, -0.2) is 0 Å². The second-order valence-corrected chi connectivity index (χ2v) is 4.40. The minimum absolute atomic E-state index is 0.729. The van der Waals surface area contributed by atoms with Crippen molar-refractivity contribution in [3.8, 4) is 11.5 Å². The van der Waals surface area contributed by atoms with E-state index in [1.54, 1.807) is 0 Å². The van der Waals surface area contributed by atoms with Gasteiger partial charge in [0.2, 0.25) is 0 Å². The van der Waals surface area contributed by atoms with Crippen LogP contribution in [0.1, 0.15) is 45.1 Å². The minimum atomic E-state index is 0.729. The molecule has 0 aliphatic heterocycles. The first-order chi connectivity index (χ1) is 8.83. The topological polar surface area (TPSA) is 18.5 Å². The first-order valence-corrected chi connectivity index (χ1v) is 7.00. The zero-order valence-electron chi connectivity index (χ0n) is 11.7. The maximum Gasteiger partial charge on any atom is 0.164 e. The van der Waals surface area contributed by atoms with E-state index in [4.69, 9.17) is 9.47 Å². The number of hydrogen-bond acceptors (Lipinski definition) is 2. The van der Waals surface area contributed by atoms with E-state index in [1.807, 2.05) is 12.1 Å². The monoisotopic (exact) mass is 249 g/mol. The van der Waals surface area contributed by atoms with Gasteiger partial charge in [-0.2, -0.15) is 0 Å².